The molecule has 0 unspecified atom stereocenters. The third-order valence-corrected chi connectivity index (χ3v) is 6.13. The number of amides is 3. The monoisotopic (exact) mass is 396 g/mol. The Bertz CT molecular complexity index is 756. The van der Waals surface area contributed by atoms with E-state index in [4.69, 9.17) is 11.6 Å². The van der Waals surface area contributed by atoms with Gasteiger partial charge in [-0.25, -0.2) is 0 Å². The Labute approximate surface area is 159 Å². The molecule has 0 saturated carbocycles. The summed E-state index contributed by atoms with van der Waals surface area (Å²) in [5.74, 6) is -0.515. The maximum atomic E-state index is 12.3. The zero-order chi connectivity index (χ0) is 17.8. The fourth-order valence-electron chi connectivity index (χ4n) is 2.69. The number of thioether (sulfide) groups is 1. The van der Waals surface area contributed by atoms with Crippen molar-refractivity contribution >= 4 is 57.8 Å². The number of thiophene rings is 1. The number of hydrogen-bond acceptors (Lipinski definition) is 5. The van der Waals surface area contributed by atoms with Gasteiger partial charge in [-0.15, -0.1) is 11.3 Å². The number of carbonyl (C=O) groups excluding carboxylic acids is 3. The Morgan fingerprint density at radius 2 is 2.12 bits per heavy atom. The van der Waals surface area contributed by atoms with Crippen LogP contribution < -0.4 is 5.32 Å². The zero-order valence-electron chi connectivity index (χ0n) is 13.4. The largest absolute Gasteiger partial charge is 0.350 e. The first-order valence-corrected chi connectivity index (χ1v) is 10.1. The van der Waals surface area contributed by atoms with Gasteiger partial charge in [0, 0.05) is 28.6 Å². The molecule has 0 bridgehead atoms. The van der Waals surface area contributed by atoms with Gasteiger partial charge in [0.15, 0.2) is 0 Å². The molecule has 2 heterocycles. The minimum absolute atomic E-state index is 0.156. The van der Waals surface area contributed by atoms with Crippen molar-refractivity contribution < 1.29 is 14.4 Å². The van der Waals surface area contributed by atoms with Crippen molar-refractivity contribution in [1.82, 2.24) is 10.2 Å². The van der Waals surface area contributed by atoms with E-state index in [1.807, 2.05) is 17.5 Å². The zero-order valence-corrected chi connectivity index (χ0v) is 15.8. The van der Waals surface area contributed by atoms with Gasteiger partial charge in [-0.2, -0.15) is 0 Å². The molecular weight excluding hydrogens is 380 g/mol. The average Bonchev–Trinajstić information content (AvgIpc) is 3.19. The topological polar surface area (TPSA) is 66.5 Å². The number of hydrogen-bond donors (Lipinski definition) is 1. The third kappa shape index (κ3) is 4.34. The highest BCUT2D eigenvalue weighted by Crippen LogP contribution is 2.32. The molecule has 1 aliphatic heterocycles. The second kappa shape index (κ2) is 8.21. The molecule has 1 aliphatic carbocycles. The third-order valence-electron chi connectivity index (χ3n) is 3.99. The van der Waals surface area contributed by atoms with Crippen molar-refractivity contribution in [3.05, 3.63) is 37.9 Å². The Morgan fingerprint density at radius 3 is 2.84 bits per heavy atom. The molecule has 25 heavy (non-hydrogen) atoms. The molecule has 132 valence electrons. The van der Waals surface area contributed by atoms with E-state index in [-0.39, 0.29) is 30.1 Å². The van der Waals surface area contributed by atoms with Crippen LogP contribution in [0.3, 0.4) is 0 Å². The van der Waals surface area contributed by atoms with E-state index >= 15 is 0 Å². The molecular formula is C17H17ClN2O3S2. The van der Waals surface area contributed by atoms with Gasteiger partial charge in [-0.3, -0.25) is 19.3 Å². The summed E-state index contributed by atoms with van der Waals surface area (Å²) in [6.45, 7) is 0.375. The second-order valence-electron chi connectivity index (χ2n) is 5.70. The normalized spacial score (nSPS) is 19.9. The molecule has 5 nitrogen and oxygen atoms in total. The van der Waals surface area contributed by atoms with E-state index in [1.54, 1.807) is 6.08 Å². The van der Waals surface area contributed by atoms with E-state index in [1.165, 1.54) is 16.2 Å². The van der Waals surface area contributed by atoms with Crippen LogP contribution in [-0.2, 0) is 9.59 Å². The summed E-state index contributed by atoms with van der Waals surface area (Å²) in [7, 11) is 0. The Balaban J connectivity index is 1.55. The number of carbonyl (C=O) groups is 3. The van der Waals surface area contributed by atoms with Gasteiger partial charge >= 0.3 is 0 Å². The molecule has 1 fully saturated rings. The highest BCUT2D eigenvalue weighted by Gasteiger charge is 2.34. The molecule has 0 atom stereocenters. The van der Waals surface area contributed by atoms with E-state index in [9.17, 15) is 14.4 Å². The van der Waals surface area contributed by atoms with Crippen molar-refractivity contribution in [3.63, 3.8) is 0 Å². The van der Waals surface area contributed by atoms with E-state index < -0.39 is 0 Å². The molecule has 0 aromatic carbocycles. The molecule has 0 radical (unpaired) electrons. The quantitative estimate of drug-likeness (QED) is 0.765. The fraction of sp³-hybridized carbons (Fsp3) is 0.353. The summed E-state index contributed by atoms with van der Waals surface area (Å²) in [6, 6.07) is 3.78. The van der Waals surface area contributed by atoms with Crippen molar-refractivity contribution in [2.24, 2.45) is 0 Å². The van der Waals surface area contributed by atoms with Gasteiger partial charge < -0.3 is 5.32 Å². The molecule has 1 aromatic rings. The van der Waals surface area contributed by atoms with Crippen LogP contribution in [0.25, 0.3) is 6.08 Å². The van der Waals surface area contributed by atoms with Gasteiger partial charge in [-0.05, 0) is 55.0 Å². The van der Waals surface area contributed by atoms with Gasteiger partial charge in [0.05, 0.1) is 4.91 Å². The number of imide groups is 1. The van der Waals surface area contributed by atoms with Crippen molar-refractivity contribution in [2.75, 3.05) is 13.1 Å². The lowest BCUT2D eigenvalue weighted by Crippen LogP contribution is -2.38. The van der Waals surface area contributed by atoms with Crippen molar-refractivity contribution in [2.45, 2.75) is 25.7 Å². The van der Waals surface area contributed by atoms with Crippen LogP contribution in [0.4, 0.5) is 4.79 Å². The van der Waals surface area contributed by atoms with Crippen LogP contribution in [-0.4, -0.2) is 35.0 Å². The number of rotatable bonds is 5. The van der Waals surface area contributed by atoms with E-state index in [2.05, 4.69) is 5.32 Å². The summed E-state index contributed by atoms with van der Waals surface area (Å²) >= 11 is 8.54. The Hall–Kier alpha value is -1.57. The molecule has 0 spiro atoms. The Morgan fingerprint density at radius 1 is 1.32 bits per heavy atom. The molecule has 1 N–H and O–H groups in total. The van der Waals surface area contributed by atoms with Crippen LogP contribution in [0.5, 0.6) is 0 Å². The first-order valence-electron chi connectivity index (χ1n) is 8.01. The number of halogens is 1. The summed E-state index contributed by atoms with van der Waals surface area (Å²) in [6.07, 6.45) is 5.09. The summed E-state index contributed by atoms with van der Waals surface area (Å²) in [5, 5.41) is 4.98. The summed E-state index contributed by atoms with van der Waals surface area (Å²) in [4.78, 5) is 39.1. The van der Waals surface area contributed by atoms with Gasteiger partial charge in [0.1, 0.15) is 0 Å². The van der Waals surface area contributed by atoms with Gasteiger partial charge in [0.25, 0.3) is 11.1 Å². The van der Waals surface area contributed by atoms with Crippen LogP contribution in [0.1, 0.15) is 30.6 Å². The maximum Gasteiger partial charge on any atom is 0.293 e. The van der Waals surface area contributed by atoms with Crippen LogP contribution in [0, 0.1) is 0 Å². The van der Waals surface area contributed by atoms with E-state index in [0.717, 1.165) is 35.9 Å². The summed E-state index contributed by atoms with van der Waals surface area (Å²) in [5.41, 5.74) is 0.625. The molecule has 3 rings (SSSR count). The standard InChI is InChI=1S/C17H17ClN2O3S2/c18-13-6-2-1-5-12(13)15(21)19-7-8-20-16(22)14(25-17(20)23)10-11-4-3-9-24-11/h3-4,9-10H,1-2,5-8H2,(H,19,21)/b14-10-. The fourth-order valence-corrected chi connectivity index (χ4v) is 4.59. The molecule has 1 aromatic heterocycles. The maximum absolute atomic E-state index is 12.3. The highest BCUT2D eigenvalue weighted by molar-refractivity contribution is 8.18. The van der Waals surface area contributed by atoms with Crippen LogP contribution >= 0.6 is 34.7 Å². The molecule has 2 aliphatic rings. The Kier molecular flexibility index (Phi) is 5.98. The minimum atomic E-state index is -0.312. The van der Waals surface area contributed by atoms with Gasteiger partial charge in [-0.1, -0.05) is 17.7 Å². The highest BCUT2D eigenvalue weighted by atomic mass is 35.5. The SMILES string of the molecule is O=C(NCCN1C(=O)S/C(=C\c2cccs2)C1=O)C1=C(Cl)CCCC1. The molecule has 3 amide bonds. The lowest BCUT2D eigenvalue weighted by Gasteiger charge is -2.17. The number of allylic oxidation sites excluding steroid dienone is 1. The lowest BCUT2D eigenvalue weighted by molar-refractivity contribution is -0.123. The first-order chi connectivity index (χ1) is 12.1. The van der Waals surface area contributed by atoms with Gasteiger partial charge in [0.2, 0.25) is 5.91 Å². The first kappa shape index (κ1) is 18.2. The predicted octanol–water partition coefficient (Wildman–Crippen LogP) is 3.97. The minimum Gasteiger partial charge on any atom is -0.350 e. The average molecular weight is 397 g/mol. The van der Waals surface area contributed by atoms with Crippen LogP contribution in [0.2, 0.25) is 0 Å². The van der Waals surface area contributed by atoms with Crippen molar-refractivity contribution in [1.29, 1.82) is 0 Å². The number of nitrogens with one attached hydrogen (secondary N) is 1. The lowest BCUT2D eigenvalue weighted by atomic mass is 9.99. The van der Waals surface area contributed by atoms with Crippen LogP contribution in [0.15, 0.2) is 33.0 Å². The molecule has 8 heteroatoms. The predicted molar refractivity (Wildman–Crippen MR) is 101 cm³/mol. The second-order valence-corrected chi connectivity index (χ2v) is 8.12. The van der Waals surface area contributed by atoms with E-state index in [0.29, 0.717) is 21.9 Å². The smallest absolute Gasteiger partial charge is 0.293 e. The molecule has 1 saturated heterocycles. The number of nitrogens with zero attached hydrogens (tertiary/aromatic N) is 1. The van der Waals surface area contributed by atoms with Crippen molar-refractivity contribution in [3.8, 4) is 0 Å². The summed E-state index contributed by atoms with van der Waals surface area (Å²) < 4.78 is 0.